The van der Waals surface area contributed by atoms with Gasteiger partial charge < -0.3 is 14.7 Å². The maximum absolute atomic E-state index is 14.6. The first-order valence-electron chi connectivity index (χ1n) is 11.5. The van der Waals surface area contributed by atoms with Crippen molar-refractivity contribution in [2.24, 2.45) is 0 Å². The van der Waals surface area contributed by atoms with E-state index in [2.05, 4.69) is 15.0 Å². The highest BCUT2D eigenvalue weighted by molar-refractivity contribution is 7.18. The average molecular weight is 529 g/mol. The molecule has 37 heavy (non-hydrogen) atoms. The van der Waals surface area contributed by atoms with E-state index in [1.54, 1.807) is 12.1 Å². The molecule has 7 nitrogen and oxygen atoms in total. The minimum atomic E-state index is -2.98. The molecule has 3 heterocycles. The van der Waals surface area contributed by atoms with Crippen LogP contribution in [-0.4, -0.2) is 58.1 Å². The van der Waals surface area contributed by atoms with Gasteiger partial charge in [-0.15, -0.1) is 11.3 Å². The fraction of sp³-hybridized carbons (Fsp3) is 0.308. The highest BCUT2D eigenvalue weighted by Crippen LogP contribution is 2.42. The van der Waals surface area contributed by atoms with E-state index in [0.717, 1.165) is 9.71 Å². The van der Waals surface area contributed by atoms with E-state index in [4.69, 9.17) is 4.74 Å². The van der Waals surface area contributed by atoms with Crippen LogP contribution in [0.15, 0.2) is 42.6 Å². The second kappa shape index (κ2) is 9.71. The van der Waals surface area contributed by atoms with Gasteiger partial charge in [0.2, 0.25) is 0 Å². The normalized spacial score (nSPS) is 16.9. The zero-order valence-corrected chi connectivity index (χ0v) is 20.9. The van der Waals surface area contributed by atoms with Crippen molar-refractivity contribution in [1.29, 1.82) is 0 Å². The molecule has 5 rings (SSSR count). The number of aliphatic hydroxyl groups is 1. The summed E-state index contributed by atoms with van der Waals surface area (Å²) in [6.07, 6.45) is 0.710. The Kier molecular flexibility index (Phi) is 6.59. The molecule has 2 aromatic heterocycles. The van der Waals surface area contributed by atoms with Crippen molar-refractivity contribution < 1.29 is 27.8 Å². The smallest absolute Gasteiger partial charge is 0.267 e. The van der Waals surface area contributed by atoms with E-state index >= 15 is 0 Å². The van der Waals surface area contributed by atoms with Gasteiger partial charge in [0.15, 0.2) is 11.6 Å². The Labute approximate surface area is 214 Å². The minimum absolute atomic E-state index is 0.00821. The largest absolute Gasteiger partial charge is 0.496 e. The van der Waals surface area contributed by atoms with Crippen LogP contribution in [0.3, 0.4) is 0 Å². The van der Waals surface area contributed by atoms with Gasteiger partial charge in [0.25, 0.3) is 5.92 Å². The maximum Gasteiger partial charge on any atom is 0.267 e. The number of aromatic nitrogens is 3. The van der Waals surface area contributed by atoms with Crippen LogP contribution in [0.2, 0.25) is 0 Å². The molecule has 1 fully saturated rings. The van der Waals surface area contributed by atoms with Crippen LogP contribution in [0.1, 0.15) is 27.5 Å². The molecule has 1 N–H and O–H groups in total. The van der Waals surface area contributed by atoms with Gasteiger partial charge in [-0.3, -0.25) is 4.79 Å². The summed E-state index contributed by atoms with van der Waals surface area (Å²) in [5.74, 6) is -3.77. The van der Waals surface area contributed by atoms with Crippen molar-refractivity contribution >= 4 is 33.0 Å². The topological polar surface area (TPSA) is 88.4 Å². The Hall–Kier alpha value is -3.57. The predicted molar refractivity (Wildman–Crippen MR) is 134 cm³/mol. The summed E-state index contributed by atoms with van der Waals surface area (Å²) in [6.45, 7) is 0.781. The molecular formula is C26H23F3N4O3S. The number of fused-ring (bicyclic) bond motifs is 1. The fourth-order valence-electron chi connectivity index (χ4n) is 4.71. The van der Waals surface area contributed by atoms with Crippen LogP contribution in [0.5, 0.6) is 5.75 Å². The number of carbonyl (C=O) groups is 1. The van der Waals surface area contributed by atoms with Crippen LogP contribution in [0, 0.1) is 12.7 Å². The van der Waals surface area contributed by atoms with Gasteiger partial charge in [-0.25, -0.2) is 28.1 Å². The molecule has 1 aliphatic heterocycles. The van der Waals surface area contributed by atoms with Crippen molar-refractivity contribution in [3.63, 3.8) is 0 Å². The molecule has 0 unspecified atom stereocenters. The molecular weight excluding hydrogens is 505 g/mol. The number of benzene rings is 2. The fourth-order valence-corrected chi connectivity index (χ4v) is 5.54. The molecule has 4 aromatic rings. The van der Waals surface area contributed by atoms with Gasteiger partial charge >= 0.3 is 0 Å². The summed E-state index contributed by atoms with van der Waals surface area (Å²) in [7, 11) is 1.40. The minimum Gasteiger partial charge on any atom is -0.496 e. The summed E-state index contributed by atoms with van der Waals surface area (Å²) >= 11 is 1.42. The first kappa shape index (κ1) is 25.1. The third-order valence-electron chi connectivity index (χ3n) is 6.31. The van der Waals surface area contributed by atoms with E-state index in [9.17, 15) is 23.1 Å². The standard InChI is InChI=1S/C26H23F3N4O3S/c1-14-31-23-21(37-14)7-6-15(24(23)33-13-26(28,29)11-16(33)12-34)10-19(35)18-8-9-30-25(32-18)22-17(27)4-3-5-20(22)36-2/h3-9,16,34H,10-13H2,1-2H3/t16-/m0/s1. The molecule has 1 aliphatic rings. The number of halogens is 3. The van der Waals surface area contributed by atoms with Crippen LogP contribution in [0.25, 0.3) is 21.6 Å². The number of aryl methyl sites for hydroxylation is 1. The molecule has 192 valence electrons. The van der Waals surface area contributed by atoms with Crippen molar-refractivity contribution in [2.45, 2.75) is 31.7 Å². The second-order valence-electron chi connectivity index (χ2n) is 8.86. The molecule has 1 atom stereocenters. The number of thiazole rings is 1. The van der Waals surface area contributed by atoms with Crippen molar-refractivity contribution in [3.8, 4) is 17.1 Å². The first-order chi connectivity index (χ1) is 17.7. The molecule has 0 saturated carbocycles. The number of anilines is 1. The lowest BCUT2D eigenvalue weighted by Crippen LogP contribution is -2.34. The zero-order chi connectivity index (χ0) is 26.3. The Morgan fingerprint density at radius 1 is 1.24 bits per heavy atom. The van der Waals surface area contributed by atoms with Gasteiger partial charge in [0.1, 0.15) is 22.8 Å². The first-order valence-corrected chi connectivity index (χ1v) is 12.4. The Bertz CT molecular complexity index is 1490. The number of rotatable bonds is 7. The number of hydrogen-bond donors (Lipinski definition) is 1. The number of alkyl halides is 2. The third-order valence-corrected chi connectivity index (χ3v) is 7.25. The lowest BCUT2D eigenvalue weighted by molar-refractivity contribution is 0.0201. The number of ketones is 1. The molecule has 11 heteroatoms. The van der Waals surface area contributed by atoms with Crippen LogP contribution in [0.4, 0.5) is 18.9 Å². The molecule has 0 radical (unpaired) electrons. The van der Waals surface area contributed by atoms with Crippen LogP contribution >= 0.6 is 11.3 Å². The molecule has 0 aliphatic carbocycles. The molecule has 1 saturated heterocycles. The third kappa shape index (κ3) is 4.76. The molecule has 2 aromatic carbocycles. The SMILES string of the molecule is COc1cccc(F)c1-c1nccc(C(=O)Cc2ccc3sc(C)nc3c2N2CC(F)(F)C[C@H]2CO)n1. The highest BCUT2D eigenvalue weighted by Gasteiger charge is 2.46. The summed E-state index contributed by atoms with van der Waals surface area (Å²) in [5, 5.41) is 10.6. The average Bonchev–Trinajstić information content (AvgIpc) is 3.41. The number of nitrogens with zero attached hydrogens (tertiary/aromatic N) is 4. The number of hydrogen-bond acceptors (Lipinski definition) is 8. The Balaban J connectivity index is 1.54. The second-order valence-corrected chi connectivity index (χ2v) is 10.1. The molecule has 0 bridgehead atoms. The Morgan fingerprint density at radius 2 is 2.05 bits per heavy atom. The summed E-state index contributed by atoms with van der Waals surface area (Å²) < 4.78 is 49.4. The van der Waals surface area contributed by atoms with Crippen molar-refractivity contribution in [1.82, 2.24) is 15.0 Å². The molecule has 0 spiro atoms. The van der Waals surface area contributed by atoms with Gasteiger partial charge in [0, 0.05) is 19.0 Å². The van der Waals surface area contributed by atoms with Crippen molar-refractivity contribution in [2.75, 3.05) is 25.2 Å². The highest BCUT2D eigenvalue weighted by atomic mass is 32.1. The lowest BCUT2D eigenvalue weighted by Gasteiger charge is -2.27. The van der Waals surface area contributed by atoms with Gasteiger partial charge in [-0.05, 0) is 36.8 Å². The van der Waals surface area contributed by atoms with Gasteiger partial charge in [0.05, 0.1) is 47.3 Å². The number of methoxy groups -OCH3 is 1. The van der Waals surface area contributed by atoms with E-state index in [-0.39, 0.29) is 29.3 Å². The number of carbonyl (C=O) groups excluding carboxylic acids is 1. The quantitative estimate of drug-likeness (QED) is 0.344. The lowest BCUT2D eigenvalue weighted by atomic mass is 10.0. The number of ether oxygens (including phenoxy) is 1. The van der Waals surface area contributed by atoms with Crippen LogP contribution < -0.4 is 9.64 Å². The van der Waals surface area contributed by atoms with E-state index in [0.29, 0.717) is 16.8 Å². The summed E-state index contributed by atoms with van der Waals surface area (Å²) in [4.78, 5) is 27.8. The Morgan fingerprint density at radius 3 is 2.81 bits per heavy atom. The van der Waals surface area contributed by atoms with Gasteiger partial charge in [-0.1, -0.05) is 12.1 Å². The molecule has 0 amide bonds. The van der Waals surface area contributed by atoms with E-state index in [1.165, 1.54) is 47.7 Å². The summed E-state index contributed by atoms with van der Waals surface area (Å²) in [5.41, 5.74) is 1.49. The number of Topliss-reactive ketones (excluding diaryl/α,β-unsaturated/α-hetero) is 1. The summed E-state index contributed by atoms with van der Waals surface area (Å²) in [6, 6.07) is 8.45. The number of aliphatic hydroxyl groups excluding tert-OH is 1. The van der Waals surface area contributed by atoms with Crippen molar-refractivity contribution in [3.05, 3.63) is 64.7 Å². The van der Waals surface area contributed by atoms with E-state index < -0.39 is 43.1 Å². The zero-order valence-electron chi connectivity index (χ0n) is 20.0. The predicted octanol–water partition coefficient (Wildman–Crippen LogP) is 4.84. The van der Waals surface area contributed by atoms with Crippen LogP contribution in [-0.2, 0) is 6.42 Å². The van der Waals surface area contributed by atoms with Gasteiger partial charge in [-0.2, -0.15) is 0 Å². The maximum atomic E-state index is 14.6. The monoisotopic (exact) mass is 528 g/mol. The van der Waals surface area contributed by atoms with E-state index in [1.807, 2.05) is 13.0 Å².